The SMILES string of the molecule is CC(=O)Nc1cc2c(/C=C/c3ccc4c(c3)OCO4)n[nH]c2cc1F.CN(C)C(=O)c1ccc(C(=O)Nc2cc3c(/C=C/c4cccs4)n[nH]c3cc2F)o1.Cn1nc(/C=C/c2ccc3c(c2)OCO3)c2cc(N)c(F)cc21.Cn1nc(/C=C/c2ccc3c(c2)OCO3)c2cc([N+](=O)[O-])c(F)cc21.Cn1nc(I)c2cc([N+](=O)[O-])c(F)cc21.O=[N+]([O-])c1cc2c(I)[nH]nc2cc1F. The number of nitrogens with one attached hydrogen (secondary N) is 5. The lowest BCUT2D eigenvalue weighted by atomic mass is 10.1. The molecule has 0 saturated heterocycles. The molecule has 132 heavy (non-hydrogen) atoms. The van der Waals surface area contributed by atoms with Crippen LogP contribution in [0.15, 0.2) is 161 Å². The first-order valence-corrected chi connectivity index (χ1v) is 41.7. The summed E-state index contributed by atoms with van der Waals surface area (Å²) >= 11 is 5.48. The van der Waals surface area contributed by atoms with Gasteiger partial charge in [0, 0.05) is 134 Å². The van der Waals surface area contributed by atoms with Gasteiger partial charge in [0.15, 0.2) is 46.0 Å². The van der Waals surface area contributed by atoms with E-state index in [9.17, 15) is 71.1 Å². The number of nitro groups is 3. The maximum Gasteiger partial charge on any atom is 0.305 e. The van der Waals surface area contributed by atoms with Crippen LogP contribution in [0.5, 0.6) is 34.5 Å². The lowest BCUT2D eigenvalue weighted by Gasteiger charge is -2.07. The molecule has 3 aliphatic rings. The smallest absolute Gasteiger partial charge is 0.305 e. The fraction of sp³-hybridized carbons (Fsp3) is 0.102. The van der Waals surface area contributed by atoms with E-state index in [0.29, 0.717) is 102 Å². The topological polar surface area (TPSA) is 442 Å². The Bertz CT molecular complexity index is 7590. The molecule has 17 aromatic rings. The minimum absolute atomic E-state index is 0.0171. The lowest BCUT2D eigenvalue weighted by Crippen LogP contribution is -2.21. The monoisotopic (exact) mass is 2040 g/mol. The molecular formula is C88H65F6I2N19O16S. The van der Waals surface area contributed by atoms with Crippen molar-refractivity contribution in [3.8, 4) is 34.5 Å². The van der Waals surface area contributed by atoms with Crippen LogP contribution in [-0.2, 0) is 25.9 Å². The van der Waals surface area contributed by atoms with Crippen LogP contribution in [0, 0.1) is 72.6 Å². The normalized spacial score (nSPS) is 12.2. The number of hydrogen-bond donors (Lipinski definition) is 6. The predicted octanol–water partition coefficient (Wildman–Crippen LogP) is 19.2. The minimum atomic E-state index is -0.883. The van der Waals surface area contributed by atoms with Crippen LogP contribution in [0.2, 0.25) is 0 Å². The zero-order chi connectivity index (χ0) is 93.6. The molecule has 0 bridgehead atoms. The summed E-state index contributed by atoms with van der Waals surface area (Å²) in [6.07, 6.45) is 14.7. The van der Waals surface area contributed by atoms with Gasteiger partial charge in [0.25, 0.3) is 11.8 Å². The van der Waals surface area contributed by atoms with E-state index in [2.05, 4.69) is 56.5 Å². The molecular weight excluding hydrogens is 1980 g/mol. The lowest BCUT2D eigenvalue weighted by molar-refractivity contribution is -0.387. The number of nitrogen functional groups attached to an aromatic ring is 1. The van der Waals surface area contributed by atoms with Gasteiger partial charge in [0.1, 0.15) is 24.9 Å². The average Bonchev–Trinajstić information content (AvgIpc) is 1.63. The molecule has 20 rings (SSSR count). The molecule has 44 heteroatoms. The van der Waals surface area contributed by atoms with Crippen molar-refractivity contribution in [1.29, 1.82) is 0 Å². The number of halogens is 8. The highest BCUT2D eigenvalue weighted by Crippen LogP contribution is 2.39. The van der Waals surface area contributed by atoms with Crippen LogP contribution in [0.1, 0.15) is 72.4 Å². The van der Waals surface area contributed by atoms with Gasteiger partial charge in [0.2, 0.25) is 43.7 Å². The van der Waals surface area contributed by atoms with Crippen molar-refractivity contribution in [1.82, 2.24) is 64.8 Å². The predicted molar refractivity (Wildman–Crippen MR) is 497 cm³/mol. The van der Waals surface area contributed by atoms with E-state index in [1.165, 1.54) is 75.8 Å². The molecule has 35 nitrogen and oxygen atoms in total. The molecule has 0 unspecified atom stereocenters. The van der Waals surface area contributed by atoms with Gasteiger partial charge < -0.3 is 54.1 Å². The third kappa shape index (κ3) is 20.3. The molecule has 670 valence electrons. The van der Waals surface area contributed by atoms with Gasteiger partial charge in [-0.2, -0.15) is 43.8 Å². The van der Waals surface area contributed by atoms with Gasteiger partial charge in [0.05, 0.1) is 87.7 Å². The quantitative estimate of drug-likeness (QED) is 0.0182. The van der Waals surface area contributed by atoms with E-state index in [0.717, 1.165) is 68.1 Å². The highest BCUT2D eigenvalue weighted by molar-refractivity contribution is 14.1. The van der Waals surface area contributed by atoms with Crippen molar-refractivity contribution in [3.63, 3.8) is 0 Å². The largest absolute Gasteiger partial charge is 0.454 e. The standard InChI is InChI=1S/C21H17FN4O3S.C18H14FN3O3.C17H12FN3O4.C17H14FN3O2.C8H5FIN3O2.C7H3FIN3O2/c1-26(2)21(28)19-8-7-18(29-19)20(27)23-17-10-13-15(6-5-12-4-3-9-30-12)24-25-16(13)11-14(17)22;1-10(23)20-16-7-12-14(21-22-15(12)8-13(16)19)4-2-11-3-5-17-18(6-11)25-9-24-17;1-20-14-8-12(18)15(21(22)23)7-11(14)13(19-20)4-2-10-3-5-16-17(6-10)25-9-24-16;1-21-15-8-12(18)13(19)7-11(15)14(20-21)4-2-10-3-5-16-17(6-10)23-9-22-16;1-12-6-3-5(9)7(13(14)15)2-4(6)8(10)11-12;8-4-2-5-3(7(9)11-10-5)1-6(4)12(13)14/h3-11H,1-2H3,(H,23,27)(H,24,25);2-8H,9H2,1H3,(H,20,23)(H,21,22);2-8H,9H2,1H3;2-8H,9,19H2,1H3;2-3H,1H3;1-2H,(H,10,11)/b6-5+;3*4-2+;;. The number of aromatic amines is 3. The first kappa shape index (κ1) is 90.8. The van der Waals surface area contributed by atoms with Crippen molar-refractivity contribution < 1.29 is 88.3 Å². The second kappa shape index (κ2) is 38.9. The van der Waals surface area contributed by atoms with E-state index < -0.39 is 72.6 Å². The van der Waals surface area contributed by atoms with Crippen molar-refractivity contribution in [2.75, 3.05) is 50.8 Å². The van der Waals surface area contributed by atoms with Crippen molar-refractivity contribution in [3.05, 3.63) is 286 Å². The number of aromatic nitrogens is 12. The Kier molecular flexibility index (Phi) is 26.7. The van der Waals surface area contributed by atoms with Crippen molar-refractivity contribution >= 4 is 222 Å². The fourth-order valence-electron chi connectivity index (χ4n) is 13.3. The number of rotatable bonds is 15. The number of aryl methyl sites for hydroxylation is 3. The van der Waals surface area contributed by atoms with Crippen LogP contribution in [0.4, 0.5) is 60.5 Å². The summed E-state index contributed by atoms with van der Waals surface area (Å²) in [5.74, 6) is -1.37. The van der Waals surface area contributed by atoms with E-state index in [4.69, 9.17) is 38.6 Å². The number of anilines is 3. The highest BCUT2D eigenvalue weighted by Gasteiger charge is 2.26. The van der Waals surface area contributed by atoms with Crippen LogP contribution in [0.25, 0.3) is 114 Å². The van der Waals surface area contributed by atoms with Crippen LogP contribution in [-0.4, -0.2) is 132 Å². The number of carbonyl (C=O) groups is 3. The van der Waals surface area contributed by atoms with E-state index in [1.54, 1.807) is 81.6 Å². The summed E-state index contributed by atoms with van der Waals surface area (Å²) in [5.41, 5.74) is 12.7. The number of thiophene rings is 1. The molecule has 0 saturated carbocycles. The zero-order valence-electron chi connectivity index (χ0n) is 69.1. The summed E-state index contributed by atoms with van der Waals surface area (Å²) in [4.78, 5) is 67.7. The number of furan rings is 1. The third-order valence-electron chi connectivity index (χ3n) is 19.8. The molecule has 9 aromatic carbocycles. The first-order valence-electron chi connectivity index (χ1n) is 38.6. The number of nitrogens with zero attached hydrogens (tertiary/aromatic N) is 13. The number of ether oxygens (including phenoxy) is 6. The fourth-order valence-corrected chi connectivity index (χ4v) is 15.3. The van der Waals surface area contributed by atoms with Crippen molar-refractivity contribution in [2.45, 2.75) is 6.92 Å². The summed E-state index contributed by atoms with van der Waals surface area (Å²) in [6, 6.07) is 39.0. The second-order valence-corrected chi connectivity index (χ2v) is 31.8. The number of nitro benzene ring substituents is 3. The van der Waals surface area contributed by atoms with Gasteiger partial charge in [-0.3, -0.25) is 74.1 Å². The van der Waals surface area contributed by atoms with Gasteiger partial charge in [-0.25, -0.2) is 13.2 Å². The van der Waals surface area contributed by atoms with Gasteiger partial charge in [-0.1, -0.05) is 42.5 Å². The van der Waals surface area contributed by atoms with Crippen LogP contribution >= 0.6 is 56.5 Å². The Labute approximate surface area is 769 Å². The number of nitrogens with two attached hydrogens (primary N) is 1. The molecule has 0 fully saturated rings. The number of carbonyl (C=O) groups excluding carboxylic acids is 3. The summed E-state index contributed by atoms with van der Waals surface area (Å²) in [6.45, 7) is 2.00. The Morgan fingerprint density at radius 2 is 0.902 bits per heavy atom. The maximum atomic E-state index is 14.5. The molecule has 3 amide bonds. The summed E-state index contributed by atoms with van der Waals surface area (Å²) in [5, 5.41) is 75.8. The molecule has 0 radical (unpaired) electrons. The van der Waals surface area contributed by atoms with Crippen LogP contribution < -0.4 is 44.8 Å². The molecule has 0 aliphatic carbocycles. The summed E-state index contributed by atoms with van der Waals surface area (Å²) < 4.78 is 125. The highest BCUT2D eigenvalue weighted by atomic mass is 127. The third-order valence-corrected chi connectivity index (χ3v) is 22.2. The number of benzene rings is 9. The molecule has 7 N–H and O–H groups in total. The average molecular weight is 2040 g/mol. The molecule has 8 aromatic heterocycles. The molecule has 3 aliphatic heterocycles. The summed E-state index contributed by atoms with van der Waals surface area (Å²) in [7, 11) is 8.24. The van der Waals surface area contributed by atoms with E-state index >= 15 is 0 Å². The Balaban J connectivity index is 0.000000123. The van der Waals surface area contributed by atoms with Crippen LogP contribution in [0.3, 0.4) is 0 Å². The van der Waals surface area contributed by atoms with Gasteiger partial charge in [-0.05, 0) is 170 Å². The minimum Gasteiger partial charge on any atom is -0.454 e. The first-order chi connectivity index (χ1) is 63.3. The Morgan fingerprint density at radius 1 is 0.470 bits per heavy atom. The number of amides is 3. The Morgan fingerprint density at radius 3 is 1.39 bits per heavy atom. The van der Waals surface area contributed by atoms with Gasteiger partial charge >= 0.3 is 17.1 Å². The molecule has 11 heterocycles. The van der Waals surface area contributed by atoms with Gasteiger partial charge in [-0.15, -0.1) is 11.3 Å². The number of hydrogen-bond acceptors (Lipinski definition) is 24. The van der Waals surface area contributed by atoms with E-state index in [-0.39, 0.29) is 60.8 Å². The Hall–Kier alpha value is -16.0. The zero-order valence-corrected chi connectivity index (χ0v) is 74.2. The second-order valence-electron chi connectivity index (χ2n) is 28.8. The van der Waals surface area contributed by atoms with Crippen molar-refractivity contribution in [2.24, 2.45) is 21.1 Å². The maximum absolute atomic E-state index is 14.5. The number of fused-ring (bicyclic) bond motifs is 9. The molecule has 0 spiro atoms. The van der Waals surface area contributed by atoms with E-state index in [1.807, 2.05) is 148 Å². The number of H-pyrrole nitrogens is 3. The molecule has 0 atom stereocenters.